The Morgan fingerprint density at radius 2 is 1.87 bits per heavy atom. The Hall–Kier alpha value is -0.780. The summed E-state index contributed by atoms with van der Waals surface area (Å²) in [6, 6.07) is 7.03. The highest BCUT2D eigenvalue weighted by molar-refractivity contribution is 14.1. The Balaban J connectivity index is 1.90. The van der Waals surface area contributed by atoms with Crippen molar-refractivity contribution in [3.8, 4) is 0 Å². The number of carbonyl (C=O) groups excluding carboxylic acids is 1. The summed E-state index contributed by atoms with van der Waals surface area (Å²) in [6.45, 7) is 15.2. The van der Waals surface area contributed by atoms with Crippen LogP contribution in [0.15, 0.2) is 18.2 Å². The van der Waals surface area contributed by atoms with Gasteiger partial charge in [0, 0.05) is 18.8 Å². The number of ether oxygens (including phenoxy) is 1. The van der Waals surface area contributed by atoms with Crippen LogP contribution in [0.3, 0.4) is 0 Å². The fraction of sp³-hybridized carbons (Fsp3) is 0.741. The van der Waals surface area contributed by atoms with Crippen molar-refractivity contribution in [1.82, 2.24) is 0 Å². The summed E-state index contributed by atoms with van der Waals surface area (Å²) in [5, 5.41) is 0. The molecule has 176 valence electrons. The minimum atomic E-state index is -0.406. The first-order chi connectivity index (χ1) is 14.6. The van der Waals surface area contributed by atoms with E-state index in [1.807, 2.05) is 20.8 Å². The summed E-state index contributed by atoms with van der Waals surface area (Å²) in [5.41, 5.74) is 3.82. The zero-order valence-electron chi connectivity index (χ0n) is 20.7. The second-order valence-electron chi connectivity index (χ2n) is 10.7. The van der Waals surface area contributed by atoms with Gasteiger partial charge in [-0.1, -0.05) is 48.6 Å². The highest BCUT2D eigenvalue weighted by Gasteiger charge is 2.25. The molecule has 0 spiro atoms. The second-order valence-corrected chi connectivity index (χ2v) is 11.8. The molecule has 3 nitrogen and oxygen atoms in total. The van der Waals surface area contributed by atoms with Crippen LogP contribution >= 0.6 is 22.6 Å². The standard InChI is InChI=1S/C27H44INO2/c1-20-13-16-29(17-14-20)25-12-10-23(19-22(25)3)18-21(2)9-11-24(8-7-15-28)26(30)31-27(4,5)6/h10,12,19-21,24H,7-9,11,13-18H2,1-6H3. The van der Waals surface area contributed by atoms with Gasteiger partial charge in [-0.3, -0.25) is 4.79 Å². The van der Waals surface area contributed by atoms with Crippen LogP contribution < -0.4 is 4.90 Å². The monoisotopic (exact) mass is 541 g/mol. The van der Waals surface area contributed by atoms with E-state index in [1.54, 1.807) is 0 Å². The minimum absolute atomic E-state index is 0.0133. The van der Waals surface area contributed by atoms with Crippen molar-refractivity contribution in [3.63, 3.8) is 0 Å². The van der Waals surface area contributed by atoms with Gasteiger partial charge in [0.15, 0.2) is 0 Å². The lowest BCUT2D eigenvalue weighted by Gasteiger charge is -2.33. The highest BCUT2D eigenvalue weighted by Crippen LogP contribution is 2.28. The van der Waals surface area contributed by atoms with Gasteiger partial charge < -0.3 is 9.64 Å². The third-order valence-corrected chi connectivity index (χ3v) is 7.17. The van der Waals surface area contributed by atoms with Crippen molar-refractivity contribution in [2.75, 3.05) is 22.4 Å². The number of aryl methyl sites for hydroxylation is 1. The summed E-state index contributed by atoms with van der Waals surface area (Å²) in [6.07, 6.45) is 7.68. The number of rotatable bonds is 10. The summed E-state index contributed by atoms with van der Waals surface area (Å²) in [7, 11) is 0. The molecule has 1 aromatic carbocycles. The van der Waals surface area contributed by atoms with Gasteiger partial charge in [-0.05, 0) is 106 Å². The maximum Gasteiger partial charge on any atom is 0.309 e. The Morgan fingerprint density at radius 1 is 1.19 bits per heavy atom. The molecule has 1 aliphatic heterocycles. The fourth-order valence-electron chi connectivity index (χ4n) is 4.53. The third kappa shape index (κ3) is 9.31. The van der Waals surface area contributed by atoms with Gasteiger partial charge in [-0.25, -0.2) is 0 Å². The normalized spacial score (nSPS) is 17.5. The number of anilines is 1. The minimum Gasteiger partial charge on any atom is -0.460 e. The fourth-order valence-corrected chi connectivity index (χ4v) is 4.97. The number of carbonyl (C=O) groups is 1. The molecule has 1 aliphatic rings. The molecule has 0 bridgehead atoms. The summed E-state index contributed by atoms with van der Waals surface area (Å²) in [4.78, 5) is 15.2. The van der Waals surface area contributed by atoms with Crippen LogP contribution in [0.4, 0.5) is 5.69 Å². The van der Waals surface area contributed by atoms with Crippen LogP contribution in [0.25, 0.3) is 0 Å². The SMILES string of the molecule is Cc1cc(CC(C)CCC(CCCI)C(=O)OC(C)(C)C)ccc1N1CCC(C)CC1. The van der Waals surface area contributed by atoms with E-state index in [9.17, 15) is 4.79 Å². The number of esters is 1. The van der Waals surface area contributed by atoms with Gasteiger partial charge in [-0.2, -0.15) is 0 Å². The van der Waals surface area contributed by atoms with E-state index >= 15 is 0 Å². The van der Waals surface area contributed by atoms with Crippen molar-refractivity contribution in [3.05, 3.63) is 29.3 Å². The first-order valence-corrected chi connectivity index (χ1v) is 13.7. The van der Waals surface area contributed by atoms with Crippen LogP contribution in [0.2, 0.25) is 0 Å². The molecule has 0 saturated carbocycles. The molecule has 2 unspecified atom stereocenters. The molecule has 0 aromatic heterocycles. The van der Waals surface area contributed by atoms with Crippen LogP contribution in [0, 0.1) is 24.7 Å². The number of piperidine rings is 1. The number of hydrogen-bond donors (Lipinski definition) is 0. The highest BCUT2D eigenvalue weighted by atomic mass is 127. The maximum atomic E-state index is 12.7. The molecule has 1 aromatic rings. The van der Waals surface area contributed by atoms with E-state index in [1.165, 1.54) is 42.7 Å². The van der Waals surface area contributed by atoms with E-state index in [2.05, 4.69) is 66.5 Å². The van der Waals surface area contributed by atoms with Gasteiger partial charge >= 0.3 is 5.97 Å². The zero-order chi connectivity index (χ0) is 23.0. The summed E-state index contributed by atoms with van der Waals surface area (Å²) in [5.74, 6) is 1.44. The quantitative estimate of drug-likeness (QED) is 0.176. The average Bonchev–Trinajstić information content (AvgIpc) is 2.67. The van der Waals surface area contributed by atoms with Crippen molar-refractivity contribution < 1.29 is 9.53 Å². The molecule has 0 N–H and O–H groups in total. The van der Waals surface area contributed by atoms with Gasteiger partial charge in [0.25, 0.3) is 0 Å². The van der Waals surface area contributed by atoms with Gasteiger partial charge in [0.1, 0.15) is 5.60 Å². The largest absolute Gasteiger partial charge is 0.460 e. The Labute approximate surface area is 204 Å². The molecule has 1 heterocycles. The smallest absolute Gasteiger partial charge is 0.309 e. The molecule has 0 radical (unpaired) electrons. The molecule has 2 rings (SSSR count). The maximum absolute atomic E-state index is 12.7. The lowest BCUT2D eigenvalue weighted by molar-refractivity contribution is -0.160. The molecular formula is C27H44INO2. The van der Waals surface area contributed by atoms with Crippen LogP contribution in [-0.4, -0.2) is 29.1 Å². The third-order valence-electron chi connectivity index (χ3n) is 6.40. The molecule has 31 heavy (non-hydrogen) atoms. The molecule has 0 aliphatic carbocycles. The van der Waals surface area contributed by atoms with E-state index < -0.39 is 5.60 Å². The van der Waals surface area contributed by atoms with Crippen molar-refractivity contribution in [2.45, 2.75) is 92.1 Å². The lowest BCUT2D eigenvalue weighted by atomic mass is 9.89. The predicted octanol–water partition coefficient (Wildman–Crippen LogP) is 7.36. The number of alkyl halides is 1. The van der Waals surface area contributed by atoms with E-state index in [0.717, 1.165) is 42.4 Å². The van der Waals surface area contributed by atoms with Crippen LogP contribution in [-0.2, 0) is 16.0 Å². The Bertz CT molecular complexity index is 689. The number of benzene rings is 1. The number of nitrogens with zero attached hydrogens (tertiary/aromatic N) is 1. The van der Waals surface area contributed by atoms with Crippen molar-refractivity contribution in [2.24, 2.45) is 17.8 Å². The zero-order valence-corrected chi connectivity index (χ0v) is 22.8. The molecule has 2 atom stereocenters. The van der Waals surface area contributed by atoms with Gasteiger partial charge in [0.05, 0.1) is 5.92 Å². The molecule has 4 heteroatoms. The average molecular weight is 542 g/mol. The lowest BCUT2D eigenvalue weighted by Crippen LogP contribution is -2.33. The molecular weight excluding hydrogens is 497 g/mol. The van der Waals surface area contributed by atoms with Crippen molar-refractivity contribution >= 4 is 34.2 Å². The van der Waals surface area contributed by atoms with Gasteiger partial charge in [0.2, 0.25) is 0 Å². The Morgan fingerprint density at radius 3 is 2.45 bits per heavy atom. The summed E-state index contributed by atoms with van der Waals surface area (Å²) >= 11 is 2.40. The van der Waals surface area contributed by atoms with E-state index in [4.69, 9.17) is 4.74 Å². The van der Waals surface area contributed by atoms with E-state index in [0.29, 0.717) is 5.92 Å². The van der Waals surface area contributed by atoms with E-state index in [-0.39, 0.29) is 11.9 Å². The summed E-state index contributed by atoms with van der Waals surface area (Å²) < 4.78 is 6.79. The first kappa shape index (κ1) is 26.5. The second kappa shape index (κ2) is 12.5. The molecule has 1 saturated heterocycles. The number of hydrogen-bond acceptors (Lipinski definition) is 3. The molecule has 1 fully saturated rings. The van der Waals surface area contributed by atoms with Crippen LogP contribution in [0.1, 0.15) is 84.3 Å². The van der Waals surface area contributed by atoms with Crippen molar-refractivity contribution in [1.29, 1.82) is 0 Å². The van der Waals surface area contributed by atoms with Gasteiger partial charge in [-0.15, -0.1) is 0 Å². The predicted molar refractivity (Wildman–Crippen MR) is 141 cm³/mol. The molecule has 0 amide bonds. The Kier molecular flexibility index (Phi) is 10.6. The topological polar surface area (TPSA) is 29.5 Å². The van der Waals surface area contributed by atoms with Crippen LogP contribution in [0.5, 0.6) is 0 Å². The number of halogens is 1. The first-order valence-electron chi connectivity index (χ1n) is 12.2.